The van der Waals surface area contributed by atoms with Crippen LogP contribution in [0.2, 0.25) is 0 Å². The lowest BCUT2D eigenvalue weighted by Crippen LogP contribution is -2.41. The molecule has 0 amide bonds. The van der Waals surface area contributed by atoms with Crippen molar-refractivity contribution in [1.82, 2.24) is 15.1 Å². The summed E-state index contributed by atoms with van der Waals surface area (Å²) in [6, 6.07) is 0.771. The first-order valence-corrected chi connectivity index (χ1v) is 6.94. The number of nitrogens with one attached hydrogen (secondary N) is 1. The molecule has 3 heteroatoms. The Labute approximate surface area is 100 Å². The summed E-state index contributed by atoms with van der Waals surface area (Å²) in [7, 11) is 2.30. The molecule has 0 aromatic carbocycles. The van der Waals surface area contributed by atoms with Crippen LogP contribution in [0.1, 0.15) is 26.2 Å². The molecule has 0 aromatic rings. The van der Waals surface area contributed by atoms with Gasteiger partial charge in [0.25, 0.3) is 0 Å². The number of nitrogens with zero attached hydrogens (tertiary/aromatic N) is 2. The number of rotatable bonds is 5. The highest BCUT2D eigenvalue weighted by atomic mass is 15.2. The monoisotopic (exact) mass is 225 g/mol. The van der Waals surface area contributed by atoms with Crippen LogP contribution >= 0.6 is 0 Å². The largest absolute Gasteiger partial charge is 0.315 e. The minimum atomic E-state index is 0.771. The van der Waals surface area contributed by atoms with E-state index in [-0.39, 0.29) is 0 Å². The second-order valence-electron chi connectivity index (χ2n) is 5.42. The molecule has 2 aliphatic rings. The van der Waals surface area contributed by atoms with Gasteiger partial charge in [0.05, 0.1) is 0 Å². The second-order valence-corrected chi connectivity index (χ2v) is 5.42. The van der Waals surface area contributed by atoms with Crippen molar-refractivity contribution in [3.8, 4) is 0 Å². The molecule has 94 valence electrons. The molecule has 0 aliphatic carbocycles. The van der Waals surface area contributed by atoms with Crippen LogP contribution in [0.5, 0.6) is 0 Å². The van der Waals surface area contributed by atoms with Gasteiger partial charge in [0.2, 0.25) is 0 Å². The fourth-order valence-corrected chi connectivity index (χ4v) is 3.12. The average Bonchev–Trinajstić information content (AvgIpc) is 2.96. The molecule has 0 spiro atoms. The average molecular weight is 225 g/mol. The third kappa shape index (κ3) is 2.96. The molecular formula is C13H27N3. The third-order valence-electron chi connectivity index (χ3n) is 4.36. The van der Waals surface area contributed by atoms with Crippen LogP contribution in [0.3, 0.4) is 0 Å². The molecule has 16 heavy (non-hydrogen) atoms. The molecule has 0 bridgehead atoms. The van der Waals surface area contributed by atoms with Crippen molar-refractivity contribution in [2.75, 3.05) is 46.3 Å². The highest BCUT2D eigenvalue weighted by molar-refractivity contribution is 4.87. The van der Waals surface area contributed by atoms with Crippen molar-refractivity contribution in [3.63, 3.8) is 0 Å². The molecule has 2 unspecified atom stereocenters. The molecule has 0 saturated carbocycles. The van der Waals surface area contributed by atoms with Gasteiger partial charge in [-0.25, -0.2) is 0 Å². The zero-order chi connectivity index (χ0) is 11.4. The lowest BCUT2D eigenvalue weighted by molar-refractivity contribution is 0.182. The molecule has 2 saturated heterocycles. The number of hydrogen-bond donors (Lipinski definition) is 1. The number of likely N-dealkylation sites (tertiary alicyclic amines) is 1. The fraction of sp³-hybridized carbons (Fsp3) is 1.00. The van der Waals surface area contributed by atoms with Crippen LogP contribution in [-0.2, 0) is 0 Å². The number of likely N-dealkylation sites (N-methyl/N-ethyl adjacent to an activating group) is 1. The molecule has 1 N–H and O–H groups in total. The Morgan fingerprint density at radius 2 is 2.00 bits per heavy atom. The Balaban J connectivity index is 1.71. The van der Waals surface area contributed by atoms with E-state index in [1.165, 1.54) is 58.5 Å². The van der Waals surface area contributed by atoms with E-state index in [1.54, 1.807) is 0 Å². The Morgan fingerprint density at radius 3 is 2.69 bits per heavy atom. The standard InChI is InChI=1S/C13H27N3/c1-3-12-10-14-11-13(12)15(2)8-9-16-6-4-5-7-16/h12-14H,3-11H2,1-2H3. The lowest BCUT2D eigenvalue weighted by Gasteiger charge is -2.29. The van der Waals surface area contributed by atoms with E-state index in [0.717, 1.165) is 12.0 Å². The van der Waals surface area contributed by atoms with E-state index < -0.39 is 0 Å². The Kier molecular flexibility index (Phi) is 4.62. The van der Waals surface area contributed by atoms with Gasteiger partial charge in [-0.1, -0.05) is 13.3 Å². The van der Waals surface area contributed by atoms with Gasteiger partial charge in [-0.15, -0.1) is 0 Å². The topological polar surface area (TPSA) is 18.5 Å². The van der Waals surface area contributed by atoms with Crippen molar-refractivity contribution < 1.29 is 0 Å². The molecule has 2 atom stereocenters. The van der Waals surface area contributed by atoms with Gasteiger partial charge >= 0.3 is 0 Å². The Bertz CT molecular complexity index is 201. The van der Waals surface area contributed by atoms with E-state index in [0.29, 0.717) is 0 Å². The summed E-state index contributed by atoms with van der Waals surface area (Å²) >= 11 is 0. The Morgan fingerprint density at radius 1 is 1.25 bits per heavy atom. The number of hydrogen-bond acceptors (Lipinski definition) is 3. The summed E-state index contributed by atoms with van der Waals surface area (Å²) in [5, 5.41) is 3.53. The molecule has 0 radical (unpaired) electrons. The van der Waals surface area contributed by atoms with Crippen LogP contribution in [0.25, 0.3) is 0 Å². The molecule has 2 aliphatic heterocycles. The Hall–Kier alpha value is -0.120. The zero-order valence-corrected chi connectivity index (χ0v) is 10.9. The normalized spacial score (nSPS) is 31.7. The first kappa shape index (κ1) is 12.3. The summed E-state index contributed by atoms with van der Waals surface area (Å²) in [6.45, 7) is 9.89. The van der Waals surface area contributed by atoms with E-state index in [2.05, 4.69) is 29.1 Å². The predicted octanol–water partition coefficient (Wildman–Crippen LogP) is 1.01. The van der Waals surface area contributed by atoms with Crippen LogP contribution in [0, 0.1) is 5.92 Å². The maximum absolute atomic E-state index is 3.53. The fourth-order valence-electron chi connectivity index (χ4n) is 3.12. The van der Waals surface area contributed by atoms with Crippen LogP contribution in [0.15, 0.2) is 0 Å². The van der Waals surface area contributed by atoms with Gasteiger partial charge in [0.1, 0.15) is 0 Å². The van der Waals surface area contributed by atoms with Gasteiger partial charge in [-0.05, 0) is 45.4 Å². The lowest BCUT2D eigenvalue weighted by atomic mass is 10.00. The summed E-state index contributed by atoms with van der Waals surface area (Å²) in [6.07, 6.45) is 4.13. The first-order valence-electron chi connectivity index (χ1n) is 6.94. The van der Waals surface area contributed by atoms with Crippen molar-refractivity contribution in [1.29, 1.82) is 0 Å². The predicted molar refractivity (Wildman–Crippen MR) is 68.7 cm³/mol. The maximum Gasteiger partial charge on any atom is 0.0258 e. The van der Waals surface area contributed by atoms with E-state index in [4.69, 9.17) is 0 Å². The van der Waals surface area contributed by atoms with Crippen molar-refractivity contribution >= 4 is 0 Å². The van der Waals surface area contributed by atoms with Crippen molar-refractivity contribution in [3.05, 3.63) is 0 Å². The van der Waals surface area contributed by atoms with E-state index >= 15 is 0 Å². The second kappa shape index (κ2) is 5.99. The van der Waals surface area contributed by atoms with Gasteiger partial charge in [0.15, 0.2) is 0 Å². The SMILES string of the molecule is CCC1CNCC1N(C)CCN1CCCC1. The molecule has 0 aromatic heterocycles. The van der Waals surface area contributed by atoms with Crippen molar-refractivity contribution in [2.24, 2.45) is 5.92 Å². The van der Waals surface area contributed by atoms with Gasteiger partial charge in [-0.2, -0.15) is 0 Å². The van der Waals surface area contributed by atoms with Crippen LogP contribution in [0.4, 0.5) is 0 Å². The molecular weight excluding hydrogens is 198 g/mol. The smallest absolute Gasteiger partial charge is 0.0258 e. The summed E-state index contributed by atoms with van der Waals surface area (Å²) in [5.41, 5.74) is 0. The van der Waals surface area contributed by atoms with E-state index in [1.807, 2.05) is 0 Å². The molecule has 2 fully saturated rings. The summed E-state index contributed by atoms with van der Waals surface area (Å²) in [4.78, 5) is 5.19. The van der Waals surface area contributed by atoms with Gasteiger partial charge in [0, 0.05) is 25.7 Å². The van der Waals surface area contributed by atoms with Crippen LogP contribution < -0.4 is 5.32 Å². The highest BCUT2D eigenvalue weighted by Gasteiger charge is 2.28. The molecule has 2 rings (SSSR count). The summed E-state index contributed by atoms with van der Waals surface area (Å²) in [5.74, 6) is 0.864. The first-order chi connectivity index (χ1) is 7.81. The quantitative estimate of drug-likeness (QED) is 0.753. The molecule has 3 nitrogen and oxygen atoms in total. The van der Waals surface area contributed by atoms with E-state index in [9.17, 15) is 0 Å². The maximum atomic E-state index is 3.53. The van der Waals surface area contributed by atoms with Gasteiger partial charge in [-0.3, -0.25) is 0 Å². The summed E-state index contributed by atoms with van der Waals surface area (Å²) < 4.78 is 0. The zero-order valence-electron chi connectivity index (χ0n) is 10.9. The minimum absolute atomic E-state index is 0.771. The molecule has 2 heterocycles. The highest BCUT2D eigenvalue weighted by Crippen LogP contribution is 2.18. The minimum Gasteiger partial charge on any atom is -0.315 e. The van der Waals surface area contributed by atoms with Crippen LogP contribution in [-0.4, -0.2) is 62.2 Å². The third-order valence-corrected chi connectivity index (χ3v) is 4.36. The van der Waals surface area contributed by atoms with Gasteiger partial charge < -0.3 is 15.1 Å². The van der Waals surface area contributed by atoms with Crippen molar-refractivity contribution in [2.45, 2.75) is 32.2 Å².